The highest BCUT2D eigenvalue weighted by molar-refractivity contribution is 7.86. The third-order valence-electron chi connectivity index (χ3n) is 0.929. The Morgan fingerprint density at radius 1 is 1.07 bits per heavy atom. The number of hydrogen-bond acceptors (Lipinski definition) is 7. The van der Waals surface area contributed by atoms with Crippen LogP contribution in [0.15, 0.2) is 0 Å². The zero-order valence-electron chi connectivity index (χ0n) is 7.70. The molecule has 0 aliphatic rings. The third kappa shape index (κ3) is 8.38. The van der Waals surface area contributed by atoms with Crippen LogP contribution in [0.25, 0.3) is 0 Å². The van der Waals surface area contributed by atoms with Crippen molar-refractivity contribution in [1.29, 1.82) is 0 Å². The molecule has 0 heterocycles. The van der Waals surface area contributed by atoms with Crippen LogP contribution in [0, 0.1) is 0 Å². The minimum absolute atomic E-state index is 0.250. The quantitative estimate of drug-likeness (QED) is 0.457. The van der Waals surface area contributed by atoms with Crippen LogP contribution < -0.4 is 0 Å². The fourth-order valence-electron chi connectivity index (χ4n) is 0.608. The highest BCUT2D eigenvalue weighted by atomic mass is 32.2. The molecule has 0 saturated heterocycles. The summed E-state index contributed by atoms with van der Waals surface area (Å²) in [4.78, 5) is 0. The molecule has 0 saturated carbocycles. The van der Waals surface area contributed by atoms with Gasteiger partial charge in [0.2, 0.25) is 0 Å². The van der Waals surface area contributed by atoms with E-state index < -0.39 is 33.1 Å². The SMILES string of the molecule is CS(=O)(=O)OC(CCO)OS(C)(=O)=O. The standard InChI is InChI=1S/C5H12O7S2/c1-13(7,8)11-5(3-4-6)12-14(2,9)10/h5-6H,3-4H2,1-2H3. The summed E-state index contributed by atoms with van der Waals surface area (Å²) in [5, 5.41) is 8.48. The van der Waals surface area contributed by atoms with E-state index in [0.29, 0.717) is 0 Å². The Bertz CT molecular complexity index is 320. The first kappa shape index (κ1) is 13.8. The van der Waals surface area contributed by atoms with Crippen LogP contribution in [0.2, 0.25) is 0 Å². The van der Waals surface area contributed by atoms with Gasteiger partial charge < -0.3 is 5.11 Å². The molecule has 86 valence electrons. The molecule has 0 aromatic carbocycles. The number of aliphatic hydroxyl groups excluding tert-OH is 1. The molecule has 0 spiro atoms. The molecule has 14 heavy (non-hydrogen) atoms. The predicted molar refractivity (Wildman–Crippen MR) is 47.3 cm³/mol. The molecule has 7 nitrogen and oxygen atoms in total. The summed E-state index contributed by atoms with van der Waals surface area (Å²) in [5.41, 5.74) is 0. The molecule has 1 N–H and O–H groups in total. The highest BCUT2D eigenvalue weighted by Crippen LogP contribution is 2.07. The van der Waals surface area contributed by atoms with Gasteiger partial charge in [-0.25, -0.2) is 8.37 Å². The second kappa shape index (κ2) is 5.03. The molecule has 0 aromatic heterocycles. The van der Waals surface area contributed by atoms with E-state index in [1.807, 2.05) is 0 Å². The third-order valence-corrected chi connectivity index (χ3v) is 2.06. The predicted octanol–water partition coefficient (Wildman–Crippen LogP) is -1.35. The van der Waals surface area contributed by atoms with E-state index in [-0.39, 0.29) is 6.42 Å². The summed E-state index contributed by atoms with van der Waals surface area (Å²) in [6.07, 6.45) is -0.253. The van der Waals surface area contributed by atoms with Gasteiger partial charge in [-0.15, -0.1) is 0 Å². The lowest BCUT2D eigenvalue weighted by Crippen LogP contribution is -2.24. The fraction of sp³-hybridized carbons (Fsp3) is 1.00. The normalized spacial score (nSPS) is 13.4. The van der Waals surface area contributed by atoms with Crippen molar-refractivity contribution in [3.8, 4) is 0 Å². The van der Waals surface area contributed by atoms with Crippen molar-refractivity contribution in [2.24, 2.45) is 0 Å². The molecule has 9 heteroatoms. The van der Waals surface area contributed by atoms with Crippen molar-refractivity contribution >= 4 is 20.2 Å². The number of hydrogen-bond donors (Lipinski definition) is 1. The highest BCUT2D eigenvalue weighted by Gasteiger charge is 2.20. The molecule has 0 rings (SSSR count). The van der Waals surface area contributed by atoms with E-state index in [0.717, 1.165) is 12.5 Å². The minimum Gasteiger partial charge on any atom is -0.396 e. The molecule has 0 aliphatic heterocycles. The number of rotatable bonds is 6. The van der Waals surface area contributed by atoms with E-state index in [1.165, 1.54) is 0 Å². The van der Waals surface area contributed by atoms with Gasteiger partial charge in [0, 0.05) is 13.0 Å². The Labute approximate surface area is 82.9 Å². The van der Waals surface area contributed by atoms with Gasteiger partial charge in [0.1, 0.15) is 0 Å². The molecule has 0 radical (unpaired) electrons. The summed E-state index contributed by atoms with van der Waals surface area (Å²) < 4.78 is 51.0. The molecule has 0 fully saturated rings. The second-order valence-electron chi connectivity index (χ2n) is 2.54. The topological polar surface area (TPSA) is 107 Å². The summed E-state index contributed by atoms with van der Waals surface area (Å²) in [7, 11) is -7.64. The average molecular weight is 248 g/mol. The van der Waals surface area contributed by atoms with Gasteiger partial charge in [-0.1, -0.05) is 0 Å². The summed E-state index contributed by atoms with van der Waals surface area (Å²) >= 11 is 0. The Morgan fingerprint density at radius 3 is 1.64 bits per heavy atom. The van der Waals surface area contributed by atoms with Crippen molar-refractivity contribution in [1.82, 2.24) is 0 Å². The fourth-order valence-corrected chi connectivity index (χ4v) is 1.71. The van der Waals surface area contributed by atoms with Gasteiger partial charge in [-0.05, 0) is 0 Å². The maximum atomic E-state index is 10.6. The van der Waals surface area contributed by atoms with E-state index in [1.54, 1.807) is 0 Å². The molecule has 0 atom stereocenters. The van der Waals surface area contributed by atoms with Crippen LogP contribution in [0.3, 0.4) is 0 Å². The van der Waals surface area contributed by atoms with Crippen LogP contribution in [-0.4, -0.2) is 47.4 Å². The van der Waals surface area contributed by atoms with Gasteiger partial charge >= 0.3 is 0 Å². The largest absolute Gasteiger partial charge is 0.396 e. The van der Waals surface area contributed by atoms with Gasteiger partial charge in [-0.3, -0.25) is 0 Å². The Balaban J connectivity index is 4.46. The second-order valence-corrected chi connectivity index (χ2v) is 5.74. The van der Waals surface area contributed by atoms with Gasteiger partial charge in [0.15, 0.2) is 6.29 Å². The first-order valence-corrected chi connectivity index (χ1v) is 7.15. The Kier molecular flexibility index (Phi) is 4.95. The summed E-state index contributed by atoms with van der Waals surface area (Å²) in [6, 6.07) is 0. The molecular weight excluding hydrogens is 236 g/mol. The van der Waals surface area contributed by atoms with Crippen LogP contribution in [0.5, 0.6) is 0 Å². The van der Waals surface area contributed by atoms with Crippen molar-refractivity contribution in [3.05, 3.63) is 0 Å². The van der Waals surface area contributed by atoms with Crippen LogP contribution in [0.1, 0.15) is 6.42 Å². The monoisotopic (exact) mass is 248 g/mol. The van der Waals surface area contributed by atoms with E-state index in [2.05, 4.69) is 8.37 Å². The zero-order chi connectivity index (χ0) is 11.4. The van der Waals surface area contributed by atoms with Gasteiger partial charge in [0.25, 0.3) is 20.2 Å². The van der Waals surface area contributed by atoms with Gasteiger partial charge in [0.05, 0.1) is 12.5 Å². The molecule has 0 amide bonds. The molecule has 0 aliphatic carbocycles. The van der Waals surface area contributed by atoms with Crippen molar-refractivity contribution in [2.75, 3.05) is 19.1 Å². The average Bonchev–Trinajstić information content (AvgIpc) is 1.78. The van der Waals surface area contributed by atoms with E-state index in [9.17, 15) is 16.8 Å². The lowest BCUT2D eigenvalue weighted by molar-refractivity contribution is 0.000446. The Morgan fingerprint density at radius 2 is 1.43 bits per heavy atom. The summed E-state index contributed by atoms with van der Waals surface area (Å²) in [5.74, 6) is 0. The zero-order valence-corrected chi connectivity index (χ0v) is 9.34. The first-order chi connectivity index (χ1) is 6.14. The number of aliphatic hydroxyl groups is 1. The van der Waals surface area contributed by atoms with E-state index >= 15 is 0 Å². The maximum absolute atomic E-state index is 10.6. The van der Waals surface area contributed by atoms with E-state index in [4.69, 9.17) is 5.11 Å². The van der Waals surface area contributed by atoms with Crippen LogP contribution in [0.4, 0.5) is 0 Å². The Hall–Kier alpha value is -0.220. The van der Waals surface area contributed by atoms with Crippen molar-refractivity contribution < 1.29 is 30.3 Å². The van der Waals surface area contributed by atoms with Crippen LogP contribution in [-0.2, 0) is 28.6 Å². The van der Waals surface area contributed by atoms with Crippen molar-refractivity contribution in [3.63, 3.8) is 0 Å². The van der Waals surface area contributed by atoms with Crippen LogP contribution >= 0.6 is 0 Å². The molecule has 0 aromatic rings. The minimum atomic E-state index is -3.82. The molecule has 0 bridgehead atoms. The van der Waals surface area contributed by atoms with Crippen molar-refractivity contribution in [2.45, 2.75) is 12.7 Å². The molecule has 0 unspecified atom stereocenters. The smallest absolute Gasteiger partial charge is 0.266 e. The maximum Gasteiger partial charge on any atom is 0.266 e. The first-order valence-electron chi connectivity index (χ1n) is 3.51. The molecular formula is C5H12O7S2. The lowest BCUT2D eigenvalue weighted by atomic mass is 10.5. The summed E-state index contributed by atoms with van der Waals surface area (Å²) in [6.45, 7) is -0.449. The lowest BCUT2D eigenvalue weighted by Gasteiger charge is -2.13. The van der Waals surface area contributed by atoms with Gasteiger partial charge in [-0.2, -0.15) is 16.8 Å².